The molecule has 0 spiro atoms. The molecule has 0 radical (unpaired) electrons. The van der Waals surface area contributed by atoms with Crippen LogP contribution in [-0.2, 0) is 10.0 Å². The third kappa shape index (κ3) is 4.03. The molecule has 0 atom stereocenters. The smallest absolute Gasteiger partial charge is 0.264 e. The van der Waals surface area contributed by atoms with Gasteiger partial charge in [0.2, 0.25) is 0 Å². The van der Waals surface area contributed by atoms with Gasteiger partial charge in [0.25, 0.3) is 10.0 Å². The number of anilines is 1. The summed E-state index contributed by atoms with van der Waals surface area (Å²) in [4.78, 5) is -0.410. The second-order valence-corrected chi connectivity index (χ2v) is 7.33. The Morgan fingerprint density at radius 1 is 0.889 bits per heavy atom. The van der Waals surface area contributed by atoms with Crippen LogP contribution in [0.25, 0.3) is 11.1 Å². The molecule has 0 aliphatic rings. The van der Waals surface area contributed by atoms with E-state index in [9.17, 15) is 12.8 Å². The predicted molar refractivity (Wildman–Crippen MR) is 102 cm³/mol. The molecule has 0 unspecified atom stereocenters. The molecule has 3 aromatic rings. The number of rotatable bonds is 6. The molecular formula is C20H18FNO4S. The summed E-state index contributed by atoms with van der Waals surface area (Å²) in [5, 5.41) is 0. The first-order valence-corrected chi connectivity index (χ1v) is 9.53. The molecule has 3 rings (SSSR count). The summed E-state index contributed by atoms with van der Waals surface area (Å²) in [7, 11) is -0.949. The third-order valence-corrected chi connectivity index (χ3v) is 5.39. The minimum absolute atomic E-state index is 0.296. The van der Waals surface area contributed by atoms with E-state index in [1.807, 2.05) is 12.1 Å². The van der Waals surface area contributed by atoms with E-state index >= 15 is 0 Å². The normalized spacial score (nSPS) is 11.1. The molecule has 0 amide bonds. The van der Waals surface area contributed by atoms with E-state index in [-0.39, 0.29) is 0 Å². The molecular weight excluding hydrogens is 369 g/mol. The minimum Gasteiger partial charge on any atom is -0.497 e. The van der Waals surface area contributed by atoms with E-state index in [2.05, 4.69) is 4.72 Å². The molecule has 5 nitrogen and oxygen atoms in total. The molecule has 3 aromatic carbocycles. The van der Waals surface area contributed by atoms with Gasteiger partial charge in [0.05, 0.1) is 14.2 Å². The highest BCUT2D eigenvalue weighted by Crippen LogP contribution is 2.34. The summed E-state index contributed by atoms with van der Waals surface area (Å²) >= 11 is 0. The Morgan fingerprint density at radius 2 is 1.59 bits per heavy atom. The van der Waals surface area contributed by atoms with Crippen molar-refractivity contribution in [3.63, 3.8) is 0 Å². The number of sulfonamides is 1. The first-order chi connectivity index (χ1) is 12.9. The molecule has 7 heteroatoms. The van der Waals surface area contributed by atoms with E-state index in [1.165, 1.54) is 25.3 Å². The quantitative estimate of drug-likeness (QED) is 0.685. The lowest BCUT2D eigenvalue weighted by Gasteiger charge is -2.13. The van der Waals surface area contributed by atoms with E-state index in [1.54, 1.807) is 37.4 Å². The van der Waals surface area contributed by atoms with Crippen LogP contribution in [0.2, 0.25) is 0 Å². The number of hydrogen-bond donors (Lipinski definition) is 1. The number of hydrogen-bond acceptors (Lipinski definition) is 4. The summed E-state index contributed by atoms with van der Waals surface area (Å²) in [6.45, 7) is 0. The maximum absolute atomic E-state index is 13.9. The average molecular weight is 387 g/mol. The van der Waals surface area contributed by atoms with Crippen LogP contribution in [0.5, 0.6) is 11.5 Å². The van der Waals surface area contributed by atoms with Crippen molar-refractivity contribution >= 4 is 15.7 Å². The van der Waals surface area contributed by atoms with Gasteiger partial charge in [-0.05, 0) is 48.0 Å². The van der Waals surface area contributed by atoms with E-state index in [0.717, 1.165) is 11.6 Å². The van der Waals surface area contributed by atoms with Crippen LogP contribution in [0.15, 0.2) is 71.6 Å². The van der Waals surface area contributed by atoms with E-state index in [4.69, 9.17) is 9.47 Å². The van der Waals surface area contributed by atoms with Gasteiger partial charge in [-0.25, -0.2) is 12.8 Å². The van der Waals surface area contributed by atoms with Crippen LogP contribution < -0.4 is 14.2 Å². The van der Waals surface area contributed by atoms with E-state index in [0.29, 0.717) is 22.7 Å². The van der Waals surface area contributed by atoms with Crippen LogP contribution in [-0.4, -0.2) is 22.6 Å². The summed E-state index contributed by atoms with van der Waals surface area (Å²) in [6.07, 6.45) is 0. The van der Waals surface area contributed by atoms with Crippen LogP contribution in [0.4, 0.5) is 10.1 Å². The van der Waals surface area contributed by atoms with Crippen molar-refractivity contribution in [2.24, 2.45) is 0 Å². The van der Waals surface area contributed by atoms with Crippen molar-refractivity contribution in [3.05, 3.63) is 72.5 Å². The molecule has 0 fully saturated rings. The van der Waals surface area contributed by atoms with Crippen molar-refractivity contribution in [1.82, 2.24) is 0 Å². The average Bonchev–Trinajstić information content (AvgIpc) is 2.68. The Bertz CT molecular complexity index is 1050. The number of ether oxygens (including phenoxy) is 2. The fourth-order valence-electron chi connectivity index (χ4n) is 2.64. The Morgan fingerprint density at radius 3 is 2.22 bits per heavy atom. The number of benzene rings is 3. The third-order valence-electron chi connectivity index (χ3n) is 3.98. The Kier molecular flexibility index (Phi) is 5.32. The molecule has 27 heavy (non-hydrogen) atoms. The van der Waals surface area contributed by atoms with Gasteiger partial charge >= 0.3 is 0 Å². The Balaban J connectivity index is 1.99. The van der Waals surface area contributed by atoms with Gasteiger partial charge in [-0.1, -0.05) is 24.3 Å². The predicted octanol–water partition coefficient (Wildman–Crippen LogP) is 4.31. The van der Waals surface area contributed by atoms with Crippen LogP contribution in [0.3, 0.4) is 0 Å². The summed E-state index contributed by atoms with van der Waals surface area (Å²) in [5.74, 6) is 0.469. The van der Waals surface area contributed by atoms with E-state index < -0.39 is 20.7 Å². The first-order valence-electron chi connectivity index (χ1n) is 8.04. The second kappa shape index (κ2) is 7.67. The highest BCUT2D eigenvalue weighted by Gasteiger charge is 2.19. The topological polar surface area (TPSA) is 64.6 Å². The lowest BCUT2D eigenvalue weighted by molar-refractivity contribution is 0.414. The zero-order chi connectivity index (χ0) is 19.4. The summed E-state index contributed by atoms with van der Waals surface area (Å²) in [6, 6.07) is 17.3. The lowest BCUT2D eigenvalue weighted by atomic mass is 10.0. The van der Waals surface area contributed by atoms with Crippen molar-refractivity contribution in [3.8, 4) is 22.6 Å². The second-order valence-electron chi connectivity index (χ2n) is 5.68. The SMILES string of the molecule is COc1ccc(-c2cc(NS(=O)(=O)c3ccccc3F)ccc2OC)cc1. The highest BCUT2D eigenvalue weighted by atomic mass is 32.2. The maximum Gasteiger partial charge on any atom is 0.264 e. The summed E-state index contributed by atoms with van der Waals surface area (Å²) in [5.41, 5.74) is 1.80. The Hall–Kier alpha value is -3.06. The van der Waals surface area contributed by atoms with Crippen LogP contribution >= 0.6 is 0 Å². The lowest BCUT2D eigenvalue weighted by Crippen LogP contribution is -2.14. The number of methoxy groups -OCH3 is 2. The van der Waals surface area contributed by atoms with Gasteiger partial charge in [0.1, 0.15) is 22.2 Å². The molecule has 0 saturated heterocycles. The molecule has 140 valence electrons. The van der Waals surface area contributed by atoms with Gasteiger partial charge in [0.15, 0.2) is 0 Å². The standard InChI is InChI=1S/C20H18FNO4S/c1-25-16-10-7-14(8-11-16)17-13-15(9-12-19(17)26-2)22-27(23,24)20-6-4-3-5-18(20)21/h3-13,22H,1-2H3. The highest BCUT2D eigenvalue weighted by molar-refractivity contribution is 7.92. The monoisotopic (exact) mass is 387 g/mol. The molecule has 0 aromatic heterocycles. The van der Waals surface area contributed by atoms with Gasteiger partial charge in [-0.2, -0.15) is 0 Å². The van der Waals surface area contributed by atoms with Crippen molar-refractivity contribution < 1.29 is 22.3 Å². The van der Waals surface area contributed by atoms with Gasteiger partial charge in [-0.15, -0.1) is 0 Å². The molecule has 0 bridgehead atoms. The molecule has 0 heterocycles. The largest absolute Gasteiger partial charge is 0.497 e. The van der Waals surface area contributed by atoms with Crippen molar-refractivity contribution in [2.45, 2.75) is 4.90 Å². The van der Waals surface area contributed by atoms with Gasteiger partial charge in [-0.3, -0.25) is 4.72 Å². The molecule has 0 saturated carbocycles. The zero-order valence-electron chi connectivity index (χ0n) is 14.8. The minimum atomic E-state index is -4.06. The molecule has 1 N–H and O–H groups in total. The molecule has 0 aliphatic heterocycles. The number of nitrogens with one attached hydrogen (secondary N) is 1. The van der Waals surface area contributed by atoms with Gasteiger partial charge in [0, 0.05) is 11.3 Å². The van der Waals surface area contributed by atoms with Crippen molar-refractivity contribution in [1.29, 1.82) is 0 Å². The fourth-order valence-corrected chi connectivity index (χ4v) is 3.77. The van der Waals surface area contributed by atoms with Crippen LogP contribution in [0, 0.1) is 5.82 Å². The van der Waals surface area contributed by atoms with Gasteiger partial charge < -0.3 is 9.47 Å². The number of halogens is 1. The Labute approximate surface area is 157 Å². The molecule has 0 aliphatic carbocycles. The fraction of sp³-hybridized carbons (Fsp3) is 0.100. The summed E-state index contributed by atoms with van der Waals surface area (Å²) < 4.78 is 51.8. The van der Waals surface area contributed by atoms with Crippen LogP contribution in [0.1, 0.15) is 0 Å². The zero-order valence-corrected chi connectivity index (χ0v) is 15.6. The maximum atomic E-state index is 13.9. The van der Waals surface area contributed by atoms with Crippen molar-refractivity contribution in [2.75, 3.05) is 18.9 Å². The first kappa shape index (κ1) is 18.7.